The highest BCUT2D eigenvalue weighted by Crippen LogP contribution is 2.31. The van der Waals surface area contributed by atoms with Gasteiger partial charge in [0.25, 0.3) is 0 Å². The van der Waals surface area contributed by atoms with E-state index in [0.29, 0.717) is 13.1 Å². The van der Waals surface area contributed by atoms with Crippen LogP contribution >= 0.6 is 0 Å². The second-order valence-electron chi connectivity index (χ2n) is 6.66. The number of rotatable bonds is 2. The summed E-state index contributed by atoms with van der Waals surface area (Å²) in [5.74, 6) is -2.40. The first kappa shape index (κ1) is 17.7. The van der Waals surface area contributed by atoms with Crippen molar-refractivity contribution in [3.8, 4) is 0 Å². The number of nitrogens with two attached hydrogens (primary N) is 1. The number of nitrogens with zero attached hydrogens (tertiary/aromatic N) is 1. The molecule has 5 nitrogen and oxygen atoms in total. The first-order valence-corrected chi connectivity index (χ1v) is 8.23. The Morgan fingerprint density at radius 1 is 1.16 bits per heavy atom. The van der Waals surface area contributed by atoms with Crippen molar-refractivity contribution in [2.24, 2.45) is 11.7 Å². The molecule has 2 aliphatic heterocycles. The maximum Gasteiger partial charge on any atom is 0.408 e. The fraction of sp³-hybridized carbons (Fsp3) is 0.529. The van der Waals surface area contributed by atoms with E-state index >= 15 is 0 Å². The summed E-state index contributed by atoms with van der Waals surface area (Å²) < 4.78 is 38.1. The maximum atomic E-state index is 12.7. The molecule has 2 aliphatic rings. The molecule has 25 heavy (non-hydrogen) atoms. The Morgan fingerprint density at radius 2 is 1.84 bits per heavy atom. The standard InChI is InChI=1S/C17H20F3N3O2/c18-17(19,20)14-7-6-11(15(24)22-14)16(25)23-8-12(13(21)9-23)10-4-2-1-3-5-10/h1-5,11-14H,6-9,21H2,(H,22,24)/t11?,12-,13+,14?/m0/s1. The zero-order valence-corrected chi connectivity index (χ0v) is 13.5. The number of amides is 2. The molecule has 0 aliphatic carbocycles. The fourth-order valence-corrected chi connectivity index (χ4v) is 3.57. The van der Waals surface area contributed by atoms with Crippen molar-refractivity contribution in [2.75, 3.05) is 13.1 Å². The molecular formula is C17H20F3N3O2. The molecule has 0 saturated carbocycles. The third-order valence-electron chi connectivity index (χ3n) is 4.97. The molecule has 2 unspecified atom stereocenters. The van der Waals surface area contributed by atoms with Gasteiger partial charge in [-0.25, -0.2) is 0 Å². The lowest BCUT2D eigenvalue weighted by Crippen LogP contribution is -2.54. The van der Waals surface area contributed by atoms with Crippen LogP contribution in [-0.2, 0) is 9.59 Å². The molecule has 0 spiro atoms. The highest BCUT2D eigenvalue weighted by atomic mass is 19.4. The molecule has 2 heterocycles. The molecule has 2 saturated heterocycles. The molecular weight excluding hydrogens is 335 g/mol. The first-order valence-electron chi connectivity index (χ1n) is 8.23. The Hall–Kier alpha value is -2.09. The Bertz CT molecular complexity index is 650. The average Bonchev–Trinajstić information content (AvgIpc) is 2.96. The van der Waals surface area contributed by atoms with Crippen molar-refractivity contribution in [1.82, 2.24) is 10.2 Å². The summed E-state index contributed by atoms with van der Waals surface area (Å²) in [7, 11) is 0. The minimum atomic E-state index is -4.49. The number of benzene rings is 1. The number of hydrogen-bond acceptors (Lipinski definition) is 3. The molecule has 2 fully saturated rings. The lowest BCUT2D eigenvalue weighted by molar-refractivity contribution is -0.172. The van der Waals surface area contributed by atoms with E-state index in [4.69, 9.17) is 5.73 Å². The van der Waals surface area contributed by atoms with Crippen molar-refractivity contribution >= 4 is 11.8 Å². The predicted octanol–water partition coefficient (Wildman–Crippen LogP) is 1.40. The van der Waals surface area contributed by atoms with Gasteiger partial charge >= 0.3 is 6.18 Å². The molecule has 0 bridgehead atoms. The number of carbonyl (C=O) groups excluding carboxylic acids is 2. The molecule has 3 rings (SSSR count). The van der Waals surface area contributed by atoms with Gasteiger partial charge in [0.2, 0.25) is 11.8 Å². The van der Waals surface area contributed by atoms with Crippen LogP contribution in [0.2, 0.25) is 0 Å². The summed E-state index contributed by atoms with van der Waals surface area (Å²) in [6.07, 6.45) is -4.87. The van der Waals surface area contributed by atoms with Crippen molar-refractivity contribution in [3.05, 3.63) is 35.9 Å². The Morgan fingerprint density at radius 3 is 2.44 bits per heavy atom. The molecule has 1 aromatic rings. The van der Waals surface area contributed by atoms with Crippen LogP contribution in [0.4, 0.5) is 13.2 Å². The van der Waals surface area contributed by atoms with E-state index in [0.717, 1.165) is 5.56 Å². The van der Waals surface area contributed by atoms with Gasteiger partial charge in [-0.3, -0.25) is 9.59 Å². The average molecular weight is 355 g/mol. The first-order chi connectivity index (χ1) is 11.8. The van der Waals surface area contributed by atoms with Gasteiger partial charge < -0.3 is 16.0 Å². The Labute approximate surface area is 143 Å². The Kier molecular flexibility index (Phi) is 4.73. The predicted molar refractivity (Wildman–Crippen MR) is 84.4 cm³/mol. The number of piperidine rings is 1. The summed E-state index contributed by atoms with van der Waals surface area (Å²) in [5.41, 5.74) is 7.15. The molecule has 8 heteroatoms. The van der Waals surface area contributed by atoms with Crippen molar-refractivity contribution in [3.63, 3.8) is 0 Å². The van der Waals surface area contributed by atoms with Gasteiger partial charge in [-0.1, -0.05) is 30.3 Å². The second kappa shape index (κ2) is 6.67. The minimum absolute atomic E-state index is 0.0419. The van der Waals surface area contributed by atoms with E-state index < -0.39 is 30.0 Å². The third kappa shape index (κ3) is 3.63. The number of halogens is 3. The van der Waals surface area contributed by atoms with E-state index in [9.17, 15) is 22.8 Å². The molecule has 0 aromatic heterocycles. The number of likely N-dealkylation sites (tertiary alicyclic amines) is 1. The van der Waals surface area contributed by atoms with Crippen LogP contribution in [0.15, 0.2) is 30.3 Å². The molecule has 2 amide bonds. The molecule has 0 radical (unpaired) electrons. The van der Waals surface area contributed by atoms with Crippen LogP contribution in [0.1, 0.15) is 24.3 Å². The minimum Gasteiger partial charge on any atom is -0.344 e. The van der Waals surface area contributed by atoms with E-state index in [-0.39, 0.29) is 24.8 Å². The molecule has 3 N–H and O–H groups in total. The quantitative estimate of drug-likeness (QED) is 0.788. The summed E-state index contributed by atoms with van der Waals surface area (Å²) in [5, 5.41) is 1.92. The van der Waals surface area contributed by atoms with Gasteiger partial charge in [-0.15, -0.1) is 0 Å². The van der Waals surface area contributed by atoms with Gasteiger partial charge in [-0.2, -0.15) is 13.2 Å². The van der Waals surface area contributed by atoms with Gasteiger partial charge in [0, 0.05) is 25.0 Å². The number of hydrogen-bond donors (Lipinski definition) is 2. The molecule has 4 atom stereocenters. The number of carbonyl (C=O) groups is 2. The zero-order chi connectivity index (χ0) is 18.2. The lowest BCUT2D eigenvalue weighted by atomic mass is 9.92. The second-order valence-corrected chi connectivity index (χ2v) is 6.66. The van der Waals surface area contributed by atoms with Crippen LogP contribution in [0.25, 0.3) is 0 Å². The smallest absolute Gasteiger partial charge is 0.344 e. The van der Waals surface area contributed by atoms with Crippen LogP contribution < -0.4 is 11.1 Å². The highest BCUT2D eigenvalue weighted by molar-refractivity contribution is 6.01. The van der Waals surface area contributed by atoms with Gasteiger partial charge in [0.15, 0.2) is 0 Å². The van der Waals surface area contributed by atoms with Crippen LogP contribution in [0.3, 0.4) is 0 Å². The SMILES string of the molecule is N[C@@H]1CN(C(=O)C2CCC(C(F)(F)F)NC2=O)C[C@H]1c1ccccc1. The monoisotopic (exact) mass is 355 g/mol. The van der Waals surface area contributed by atoms with Crippen molar-refractivity contribution < 1.29 is 22.8 Å². The van der Waals surface area contributed by atoms with Gasteiger partial charge in [0.05, 0.1) is 0 Å². The van der Waals surface area contributed by atoms with Crippen molar-refractivity contribution in [1.29, 1.82) is 0 Å². The zero-order valence-electron chi connectivity index (χ0n) is 13.5. The summed E-state index contributed by atoms with van der Waals surface area (Å²) >= 11 is 0. The summed E-state index contributed by atoms with van der Waals surface area (Å²) in [6, 6.07) is 7.38. The van der Waals surface area contributed by atoms with E-state index in [1.54, 1.807) is 0 Å². The Balaban J connectivity index is 1.65. The van der Waals surface area contributed by atoms with E-state index in [1.807, 2.05) is 35.6 Å². The van der Waals surface area contributed by atoms with Crippen LogP contribution in [0.5, 0.6) is 0 Å². The van der Waals surface area contributed by atoms with Crippen molar-refractivity contribution in [2.45, 2.75) is 37.0 Å². The number of nitrogens with one attached hydrogen (secondary N) is 1. The van der Waals surface area contributed by atoms with Gasteiger partial charge in [-0.05, 0) is 18.4 Å². The third-order valence-corrected chi connectivity index (χ3v) is 4.97. The topological polar surface area (TPSA) is 75.4 Å². The van der Waals surface area contributed by atoms with Crippen LogP contribution in [-0.4, -0.2) is 48.1 Å². The fourth-order valence-electron chi connectivity index (χ4n) is 3.57. The largest absolute Gasteiger partial charge is 0.408 e. The molecule has 1 aromatic carbocycles. The lowest BCUT2D eigenvalue weighted by Gasteiger charge is -2.31. The highest BCUT2D eigenvalue weighted by Gasteiger charge is 2.47. The summed E-state index contributed by atoms with van der Waals surface area (Å²) in [4.78, 5) is 26.1. The number of alkyl halides is 3. The maximum absolute atomic E-state index is 12.7. The summed E-state index contributed by atoms with van der Waals surface area (Å²) in [6.45, 7) is 0.668. The van der Waals surface area contributed by atoms with Crippen LogP contribution in [0, 0.1) is 5.92 Å². The van der Waals surface area contributed by atoms with E-state index in [1.165, 1.54) is 4.90 Å². The molecule has 136 valence electrons. The normalized spacial score (nSPS) is 30.2. The van der Waals surface area contributed by atoms with Gasteiger partial charge in [0.1, 0.15) is 12.0 Å². The van der Waals surface area contributed by atoms with E-state index in [2.05, 4.69) is 0 Å².